The normalized spacial score (nSPS) is 25.5. The zero-order valence-electron chi connectivity index (χ0n) is 11.9. The van der Waals surface area contributed by atoms with Crippen LogP contribution < -0.4 is 10.5 Å². The zero-order chi connectivity index (χ0) is 14.0. The first-order chi connectivity index (χ1) is 9.06. The molecule has 0 amide bonds. The average Bonchev–Trinajstić information content (AvgIpc) is 2.70. The number of likely N-dealkylation sites (tertiary alicyclic amines) is 1. The highest BCUT2D eigenvalue weighted by Crippen LogP contribution is 2.31. The molecular formula is C15H23FN2O. The molecule has 19 heavy (non-hydrogen) atoms. The van der Waals surface area contributed by atoms with Crippen LogP contribution in [0.1, 0.15) is 25.5 Å². The Morgan fingerprint density at radius 3 is 2.47 bits per heavy atom. The van der Waals surface area contributed by atoms with Gasteiger partial charge < -0.3 is 10.5 Å². The summed E-state index contributed by atoms with van der Waals surface area (Å²) in [5, 5.41) is 0. The molecule has 1 aliphatic rings. The molecule has 1 aliphatic heterocycles. The molecule has 1 saturated heterocycles. The van der Waals surface area contributed by atoms with E-state index in [0.717, 1.165) is 18.7 Å². The molecule has 3 unspecified atom stereocenters. The summed E-state index contributed by atoms with van der Waals surface area (Å²) < 4.78 is 18.8. The number of benzene rings is 1. The minimum Gasteiger partial charge on any atom is -0.494 e. The van der Waals surface area contributed by atoms with Crippen LogP contribution in [0, 0.1) is 17.7 Å². The van der Waals surface area contributed by atoms with Crippen molar-refractivity contribution in [1.82, 2.24) is 4.90 Å². The van der Waals surface area contributed by atoms with Crippen LogP contribution in [0.4, 0.5) is 4.39 Å². The number of nitrogens with two attached hydrogens (primary N) is 1. The van der Waals surface area contributed by atoms with Gasteiger partial charge in [0.1, 0.15) is 0 Å². The summed E-state index contributed by atoms with van der Waals surface area (Å²) in [4.78, 5) is 2.36. The third-order valence-corrected chi connectivity index (χ3v) is 4.24. The van der Waals surface area contributed by atoms with Crippen LogP contribution >= 0.6 is 0 Å². The maximum Gasteiger partial charge on any atom is 0.165 e. The van der Waals surface area contributed by atoms with Gasteiger partial charge in [-0.05, 0) is 29.5 Å². The summed E-state index contributed by atoms with van der Waals surface area (Å²) >= 11 is 0. The lowest BCUT2D eigenvalue weighted by atomic mass is 10.0. The van der Waals surface area contributed by atoms with Crippen molar-refractivity contribution >= 4 is 0 Å². The zero-order valence-corrected chi connectivity index (χ0v) is 11.9. The fourth-order valence-electron chi connectivity index (χ4n) is 2.81. The lowest BCUT2D eigenvalue weighted by molar-refractivity contribution is 0.239. The van der Waals surface area contributed by atoms with Crippen molar-refractivity contribution in [2.45, 2.75) is 19.9 Å². The molecule has 4 heteroatoms. The molecule has 3 atom stereocenters. The Hall–Kier alpha value is -1.13. The van der Waals surface area contributed by atoms with E-state index in [-0.39, 0.29) is 17.6 Å². The summed E-state index contributed by atoms with van der Waals surface area (Å²) in [7, 11) is 1.47. The molecule has 0 aromatic heterocycles. The third-order valence-electron chi connectivity index (χ3n) is 4.24. The van der Waals surface area contributed by atoms with Gasteiger partial charge in [0.05, 0.1) is 7.11 Å². The molecule has 106 valence electrons. The van der Waals surface area contributed by atoms with Crippen molar-refractivity contribution in [3.63, 3.8) is 0 Å². The molecule has 0 spiro atoms. The van der Waals surface area contributed by atoms with Crippen molar-refractivity contribution in [3.05, 3.63) is 29.6 Å². The van der Waals surface area contributed by atoms with Gasteiger partial charge in [0.2, 0.25) is 0 Å². The van der Waals surface area contributed by atoms with E-state index in [2.05, 4.69) is 18.7 Å². The minimum atomic E-state index is -0.321. The van der Waals surface area contributed by atoms with Crippen molar-refractivity contribution in [2.24, 2.45) is 17.6 Å². The van der Waals surface area contributed by atoms with Crippen LogP contribution in [-0.4, -0.2) is 31.6 Å². The fraction of sp³-hybridized carbons (Fsp3) is 0.600. The van der Waals surface area contributed by atoms with Gasteiger partial charge in [0.15, 0.2) is 11.6 Å². The fourth-order valence-corrected chi connectivity index (χ4v) is 2.81. The SMILES string of the molecule is COc1ccc(C(CN)N2CC(C)C(C)C2)cc1F. The Kier molecular flexibility index (Phi) is 4.42. The van der Waals surface area contributed by atoms with Gasteiger partial charge in [-0.25, -0.2) is 4.39 Å². The largest absolute Gasteiger partial charge is 0.494 e. The van der Waals surface area contributed by atoms with Gasteiger partial charge in [0.25, 0.3) is 0 Å². The van der Waals surface area contributed by atoms with Gasteiger partial charge in [-0.1, -0.05) is 19.9 Å². The van der Waals surface area contributed by atoms with Crippen molar-refractivity contribution < 1.29 is 9.13 Å². The van der Waals surface area contributed by atoms with E-state index in [1.165, 1.54) is 7.11 Å². The number of nitrogens with zero attached hydrogens (tertiary/aromatic N) is 1. The van der Waals surface area contributed by atoms with Crippen molar-refractivity contribution in [3.8, 4) is 5.75 Å². The first-order valence-electron chi connectivity index (χ1n) is 6.84. The maximum absolute atomic E-state index is 13.8. The molecule has 1 aromatic carbocycles. The topological polar surface area (TPSA) is 38.5 Å². The van der Waals surface area contributed by atoms with Crippen LogP contribution in [0.25, 0.3) is 0 Å². The molecule has 0 radical (unpaired) electrons. The molecule has 2 N–H and O–H groups in total. The number of hydrogen-bond donors (Lipinski definition) is 1. The van der Waals surface area contributed by atoms with E-state index in [0.29, 0.717) is 18.4 Å². The second-order valence-electron chi connectivity index (χ2n) is 5.55. The van der Waals surface area contributed by atoms with E-state index >= 15 is 0 Å². The van der Waals surface area contributed by atoms with Gasteiger partial charge in [-0.3, -0.25) is 4.90 Å². The highest BCUT2D eigenvalue weighted by molar-refractivity contribution is 5.31. The number of hydrogen-bond acceptors (Lipinski definition) is 3. The van der Waals surface area contributed by atoms with E-state index in [1.54, 1.807) is 12.1 Å². The van der Waals surface area contributed by atoms with Crippen LogP contribution in [0.15, 0.2) is 18.2 Å². The number of ether oxygens (including phenoxy) is 1. The summed E-state index contributed by atoms with van der Waals surface area (Å²) in [6, 6.07) is 5.22. The van der Waals surface area contributed by atoms with Crippen LogP contribution in [-0.2, 0) is 0 Å². The van der Waals surface area contributed by atoms with E-state index in [1.807, 2.05) is 6.07 Å². The van der Waals surface area contributed by atoms with Crippen LogP contribution in [0.5, 0.6) is 5.75 Å². The van der Waals surface area contributed by atoms with Gasteiger partial charge in [-0.15, -0.1) is 0 Å². The molecule has 0 aliphatic carbocycles. The Bertz CT molecular complexity index is 428. The van der Waals surface area contributed by atoms with Gasteiger partial charge in [-0.2, -0.15) is 0 Å². The predicted octanol–water partition coefficient (Wildman–Crippen LogP) is 2.42. The van der Waals surface area contributed by atoms with Gasteiger partial charge >= 0.3 is 0 Å². The monoisotopic (exact) mass is 266 g/mol. The summed E-state index contributed by atoms with van der Waals surface area (Å²) in [6.07, 6.45) is 0. The second-order valence-corrected chi connectivity index (χ2v) is 5.55. The van der Waals surface area contributed by atoms with E-state index in [4.69, 9.17) is 10.5 Å². The number of rotatable bonds is 4. The van der Waals surface area contributed by atoms with Crippen LogP contribution in [0.2, 0.25) is 0 Å². The Morgan fingerprint density at radius 2 is 2.00 bits per heavy atom. The molecule has 0 bridgehead atoms. The summed E-state index contributed by atoms with van der Waals surface area (Å²) in [6.45, 7) is 7.07. The summed E-state index contributed by atoms with van der Waals surface area (Å²) in [5.41, 5.74) is 6.83. The molecular weight excluding hydrogens is 243 g/mol. The third kappa shape index (κ3) is 2.90. The number of methoxy groups -OCH3 is 1. The predicted molar refractivity (Wildman–Crippen MR) is 74.6 cm³/mol. The first kappa shape index (κ1) is 14.3. The lowest BCUT2D eigenvalue weighted by Crippen LogP contribution is -2.32. The molecule has 0 saturated carbocycles. The summed E-state index contributed by atoms with van der Waals surface area (Å²) in [5.74, 6) is 1.29. The highest BCUT2D eigenvalue weighted by Gasteiger charge is 2.31. The number of halogens is 1. The Morgan fingerprint density at radius 1 is 1.37 bits per heavy atom. The van der Waals surface area contributed by atoms with Crippen molar-refractivity contribution in [1.29, 1.82) is 0 Å². The van der Waals surface area contributed by atoms with Gasteiger partial charge in [0, 0.05) is 25.7 Å². The first-order valence-corrected chi connectivity index (χ1v) is 6.84. The smallest absolute Gasteiger partial charge is 0.165 e. The molecule has 2 rings (SSSR count). The lowest BCUT2D eigenvalue weighted by Gasteiger charge is -2.27. The quantitative estimate of drug-likeness (QED) is 0.909. The van der Waals surface area contributed by atoms with E-state index in [9.17, 15) is 4.39 Å². The van der Waals surface area contributed by atoms with E-state index < -0.39 is 0 Å². The molecule has 3 nitrogen and oxygen atoms in total. The average molecular weight is 266 g/mol. The molecule has 1 fully saturated rings. The highest BCUT2D eigenvalue weighted by atomic mass is 19.1. The molecule has 1 heterocycles. The minimum absolute atomic E-state index is 0.0906. The van der Waals surface area contributed by atoms with Crippen LogP contribution in [0.3, 0.4) is 0 Å². The second kappa shape index (κ2) is 5.88. The Labute approximate surface area is 114 Å². The molecule has 1 aromatic rings. The Balaban J connectivity index is 2.20. The standard InChI is InChI=1S/C15H23FN2O/c1-10-8-18(9-11(10)2)14(7-17)12-4-5-15(19-3)13(16)6-12/h4-6,10-11,14H,7-9,17H2,1-3H3. The van der Waals surface area contributed by atoms with Crippen molar-refractivity contribution in [2.75, 3.05) is 26.7 Å². The maximum atomic E-state index is 13.8.